The van der Waals surface area contributed by atoms with Crippen molar-refractivity contribution in [2.24, 2.45) is 0 Å². The lowest BCUT2D eigenvalue weighted by Crippen LogP contribution is -2.24. The molecule has 3 rings (SSSR count). The minimum atomic E-state index is -0.676. The van der Waals surface area contributed by atoms with Crippen LogP contribution < -0.4 is 4.90 Å². The number of rotatable bonds is 4. The van der Waals surface area contributed by atoms with Crippen LogP contribution in [0, 0.1) is 17.0 Å². The van der Waals surface area contributed by atoms with Gasteiger partial charge in [0, 0.05) is 17.5 Å². The number of methoxy groups -OCH3 is 1. The molecule has 1 heterocycles. The maximum atomic E-state index is 13.2. The molecule has 0 unspecified atom stereocenters. The molecule has 7 heteroatoms. The van der Waals surface area contributed by atoms with Crippen LogP contribution in [0.15, 0.2) is 65.4 Å². The van der Waals surface area contributed by atoms with Gasteiger partial charge >= 0.3 is 5.97 Å². The highest BCUT2D eigenvalue weighted by Gasteiger charge is 2.38. The minimum Gasteiger partial charge on any atom is -0.465 e. The molecule has 0 aliphatic carbocycles. The second-order valence-electron chi connectivity index (χ2n) is 6.30. The molecule has 1 aliphatic rings. The van der Waals surface area contributed by atoms with Crippen LogP contribution in [0.1, 0.15) is 18.1 Å². The molecule has 0 N–H and O–H groups in total. The van der Waals surface area contributed by atoms with Gasteiger partial charge in [-0.15, -0.1) is 0 Å². The van der Waals surface area contributed by atoms with Crippen molar-refractivity contribution in [2.75, 3.05) is 12.0 Å². The van der Waals surface area contributed by atoms with Crippen molar-refractivity contribution in [3.63, 3.8) is 0 Å². The van der Waals surface area contributed by atoms with Gasteiger partial charge in [0.05, 0.1) is 28.7 Å². The SMILES string of the molecule is COC(=O)C1=C(C)N(c2ccc(C)cc2)C(=O)/C1=C\c1ccccc1[N+](=O)[O-]. The molecular formula is C21H18N2O5. The first-order valence-electron chi connectivity index (χ1n) is 8.51. The van der Waals surface area contributed by atoms with E-state index >= 15 is 0 Å². The normalized spacial score (nSPS) is 15.3. The minimum absolute atomic E-state index is 0.0548. The second-order valence-corrected chi connectivity index (χ2v) is 6.30. The Morgan fingerprint density at radius 2 is 1.75 bits per heavy atom. The van der Waals surface area contributed by atoms with E-state index in [4.69, 9.17) is 4.74 Å². The predicted octanol–water partition coefficient (Wildman–Crippen LogP) is 3.78. The predicted molar refractivity (Wildman–Crippen MR) is 104 cm³/mol. The van der Waals surface area contributed by atoms with E-state index in [-0.39, 0.29) is 22.4 Å². The van der Waals surface area contributed by atoms with Crippen LogP contribution in [0.25, 0.3) is 6.08 Å². The Bertz CT molecular complexity index is 1040. The van der Waals surface area contributed by atoms with Gasteiger partial charge in [-0.2, -0.15) is 0 Å². The van der Waals surface area contributed by atoms with Crippen molar-refractivity contribution in [3.05, 3.63) is 86.6 Å². The highest BCUT2D eigenvalue weighted by atomic mass is 16.6. The van der Waals surface area contributed by atoms with Crippen molar-refractivity contribution < 1.29 is 19.2 Å². The Labute approximate surface area is 161 Å². The van der Waals surface area contributed by atoms with Crippen LogP contribution in [-0.2, 0) is 14.3 Å². The van der Waals surface area contributed by atoms with Gasteiger partial charge in [0.25, 0.3) is 11.6 Å². The molecule has 7 nitrogen and oxygen atoms in total. The van der Waals surface area contributed by atoms with E-state index < -0.39 is 16.8 Å². The van der Waals surface area contributed by atoms with Crippen LogP contribution in [0.4, 0.5) is 11.4 Å². The Kier molecular flexibility index (Phi) is 5.08. The summed E-state index contributed by atoms with van der Waals surface area (Å²) in [5, 5.41) is 11.3. The van der Waals surface area contributed by atoms with Crippen molar-refractivity contribution >= 4 is 29.3 Å². The average Bonchev–Trinajstić information content (AvgIpc) is 2.92. The molecule has 1 aliphatic heterocycles. The van der Waals surface area contributed by atoms with Gasteiger partial charge in [-0.05, 0) is 38.1 Å². The zero-order valence-electron chi connectivity index (χ0n) is 15.6. The van der Waals surface area contributed by atoms with E-state index in [9.17, 15) is 19.7 Å². The zero-order valence-corrected chi connectivity index (χ0v) is 15.6. The van der Waals surface area contributed by atoms with Gasteiger partial charge in [-0.25, -0.2) is 4.79 Å². The van der Waals surface area contributed by atoms with Crippen LogP contribution >= 0.6 is 0 Å². The molecule has 2 aromatic rings. The number of carbonyl (C=O) groups excluding carboxylic acids is 2. The quantitative estimate of drug-likeness (QED) is 0.350. The number of aryl methyl sites for hydroxylation is 1. The average molecular weight is 378 g/mol. The number of nitrogens with zero attached hydrogens (tertiary/aromatic N) is 2. The van der Waals surface area contributed by atoms with E-state index in [2.05, 4.69) is 0 Å². The summed E-state index contributed by atoms with van der Waals surface area (Å²) in [4.78, 5) is 37.7. The van der Waals surface area contributed by atoms with E-state index in [1.807, 2.05) is 19.1 Å². The first-order chi connectivity index (χ1) is 13.3. The largest absolute Gasteiger partial charge is 0.465 e. The van der Waals surface area contributed by atoms with Gasteiger partial charge in [0.15, 0.2) is 0 Å². The molecule has 0 radical (unpaired) electrons. The van der Waals surface area contributed by atoms with Crippen LogP contribution in [-0.4, -0.2) is 23.9 Å². The van der Waals surface area contributed by atoms with Gasteiger partial charge in [0.1, 0.15) is 0 Å². The molecule has 0 aromatic heterocycles. The summed E-state index contributed by atoms with van der Waals surface area (Å²) in [5.41, 5.74) is 2.26. The number of ether oxygens (including phenoxy) is 1. The van der Waals surface area contributed by atoms with Crippen molar-refractivity contribution in [1.29, 1.82) is 0 Å². The summed E-state index contributed by atoms with van der Waals surface area (Å²) < 4.78 is 4.85. The van der Waals surface area contributed by atoms with E-state index in [0.29, 0.717) is 11.4 Å². The highest BCUT2D eigenvalue weighted by molar-refractivity contribution is 6.24. The summed E-state index contributed by atoms with van der Waals surface area (Å²) in [6, 6.07) is 13.3. The number of amides is 1. The third-order valence-corrected chi connectivity index (χ3v) is 4.52. The number of esters is 1. The number of hydrogen-bond donors (Lipinski definition) is 0. The molecule has 0 fully saturated rings. The van der Waals surface area contributed by atoms with E-state index in [1.54, 1.807) is 25.1 Å². The lowest BCUT2D eigenvalue weighted by molar-refractivity contribution is -0.385. The molecule has 0 atom stereocenters. The topological polar surface area (TPSA) is 89.8 Å². The number of anilines is 1. The zero-order chi connectivity index (χ0) is 20.4. The van der Waals surface area contributed by atoms with Crippen LogP contribution in [0.2, 0.25) is 0 Å². The maximum Gasteiger partial charge on any atom is 0.340 e. The number of benzene rings is 2. The number of para-hydroxylation sites is 1. The molecule has 1 amide bonds. The van der Waals surface area contributed by atoms with Gasteiger partial charge in [-0.1, -0.05) is 29.8 Å². The summed E-state index contributed by atoms with van der Waals surface area (Å²) in [6.45, 7) is 3.57. The molecule has 0 saturated heterocycles. The number of nitro groups is 1. The molecule has 0 bridgehead atoms. The molecule has 2 aromatic carbocycles. The fraction of sp³-hybridized carbons (Fsp3) is 0.143. The Hall–Kier alpha value is -3.74. The lowest BCUT2D eigenvalue weighted by Gasteiger charge is -2.18. The molecule has 142 valence electrons. The number of nitro benzene ring substituents is 1. The molecular weight excluding hydrogens is 360 g/mol. The monoisotopic (exact) mass is 378 g/mol. The summed E-state index contributed by atoms with van der Waals surface area (Å²) in [6.07, 6.45) is 1.37. The first-order valence-corrected chi connectivity index (χ1v) is 8.51. The van der Waals surface area contributed by atoms with Crippen LogP contribution in [0.5, 0.6) is 0 Å². The maximum absolute atomic E-state index is 13.2. The van der Waals surface area contributed by atoms with Gasteiger partial charge < -0.3 is 4.74 Å². The summed E-state index contributed by atoms with van der Waals surface area (Å²) >= 11 is 0. The Balaban J connectivity index is 2.18. The number of carbonyl (C=O) groups is 2. The first kappa shape index (κ1) is 19.0. The highest BCUT2D eigenvalue weighted by Crippen LogP contribution is 2.36. The van der Waals surface area contributed by atoms with Crippen molar-refractivity contribution in [2.45, 2.75) is 13.8 Å². The molecule has 0 saturated carbocycles. The Morgan fingerprint density at radius 3 is 2.36 bits per heavy atom. The molecule has 28 heavy (non-hydrogen) atoms. The number of allylic oxidation sites excluding steroid dienone is 1. The van der Waals surface area contributed by atoms with Crippen molar-refractivity contribution in [3.8, 4) is 0 Å². The smallest absolute Gasteiger partial charge is 0.340 e. The van der Waals surface area contributed by atoms with E-state index in [0.717, 1.165) is 5.56 Å². The third kappa shape index (κ3) is 3.29. The summed E-state index contributed by atoms with van der Waals surface area (Å²) in [7, 11) is 1.23. The van der Waals surface area contributed by atoms with E-state index in [1.165, 1.54) is 36.3 Å². The standard InChI is InChI=1S/C21H18N2O5/c1-13-8-10-16(11-9-13)22-14(2)19(21(25)28-3)17(20(22)24)12-15-6-4-5-7-18(15)23(26)27/h4-12H,1-3H3/b17-12-. The van der Waals surface area contributed by atoms with Crippen molar-refractivity contribution in [1.82, 2.24) is 0 Å². The fourth-order valence-corrected chi connectivity index (χ4v) is 3.12. The number of hydrogen-bond acceptors (Lipinski definition) is 5. The Morgan fingerprint density at radius 1 is 1.11 bits per heavy atom. The summed E-state index contributed by atoms with van der Waals surface area (Å²) in [5.74, 6) is -1.12. The second kappa shape index (κ2) is 7.48. The molecule has 0 spiro atoms. The third-order valence-electron chi connectivity index (χ3n) is 4.52. The van der Waals surface area contributed by atoms with Gasteiger partial charge in [-0.3, -0.25) is 19.8 Å². The fourth-order valence-electron chi connectivity index (χ4n) is 3.12. The van der Waals surface area contributed by atoms with Crippen LogP contribution in [0.3, 0.4) is 0 Å². The van der Waals surface area contributed by atoms with Gasteiger partial charge in [0.2, 0.25) is 0 Å². The lowest BCUT2D eigenvalue weighted by atomic mass is 10.0.